The molecule has 0 atom stereocenters. The molecule has 0 bridgehead atoms. The minimum atomic E-state index is -4.31. The number of benzene rings is 1. The van der Waals surface area contributed by atoms with Gasteiger partial charge in [0.15, 0.2) is 0 Å². The Morgan fingerprint density at radius 3 is 2.24 bits per heavy atom. The van der Waals surface area contributed by atoms with Crippen molar-refractivity contribution in [3.8, 4) is 0 Å². The maximum absolute atomic E-state index is 12.8. The van der Waals surface area contributed by atoms with Gasteiger partial charge in [-0.3, -0.25) is 0 Å². The van der Waals surface area contributed by atoms with Crippen LogP contribution in [-0.2, 0) is 6.18 Å². The topological polar surface area (TPSA) is 12.0 Å². The van der Waals surface area contributed by atoms with Crippen LogP contribution < -0.4 is 5.32 Å². The second-order valence-corrected chi connectivity index (χ2v) is 7.14. The normalized spacial score (nSPS) is 23.4. The molecule has 1 aliphatic carbocycles. The summed E-state index contributed by atoms with van der Waals surface area (Å²) in [5, 5.41) is 3.26. The molecular weight excluding hydrogens is 343 g/mol. The number of halogens is 4. The second kappa shape index (κ2) is 6.59. The first-order valence-electron chi connectivity index (χ1n) is 7.40. The quantitative estimate of drug-likeness (QED) is 0.684. The van der Waals surface area contributed by atoms with Gasteiger partial charge in [0.25, 0.3) is 0 Å². The number of alkyl halides is 3. The maximum Gasteiger partial charge on any atom is 0.416 e. The molecule has 0 aromatic heterocycles. The number of hydrogen-bond acceptors (Lipinski definition) is 1. The van der Waals surface area contributed by atoms with E-state index in [1.165, 1.54) is 6.07 Å². The molecule has 1 saturated carbocycles. The maximum atomic E-state index is 12.8. The van der Waals surface area contributed by atoms with Gasteiger partial charge in [0.05, 0.1) is 5.56 Å². The van der Waals surface area contributed by atoms with Crippen molar-refractivity contribution >= 4 is 21.6 Å². The van der Waals surface area contributed by atoms with Crippen molar-refractivity contribution in [3.63, 3.8) is 0 Å². The van der Waals surface area contributed by atoms with E-state index in [9.17, 15) is 13.2 Å². The molecule has 0 unspecified atom stereocenters. The molecule has 2 rings (SSSR count). The smallest absolute Gasteiger partial charge is 0.382 e. The lowest BCUT2D eigenvalue weighted by Crippen LogP contribution is -2.28. The van der Waals surface area contributed by atoms with Crippen LogP contribution in [0.4, 0.5) is 18.9 Å². The highest BCUT2D eigenvalue weighted by molar-refractivity contribution is 9.10. The molecule has 1 aromatic rings. The monoisotopic (exact) mass is 363 g/mol. The molecule has 0 aliphatic heterocycles. The van der Waals surface area contributed by atoms with Gasteiger partial charge in [-0.05, 0) is 55.7 Å². The van der Waals surface area contributed by atoms with Crippen molar-refractivity contribution in [3.05, 3.63) is 28.2 Å². The molecule has 0 heterocycles. The Hall–Kier alpha value is -0.710. The zero-order chi connectivity index (χ0) is 15.6. The van der Waals surface area contributed by atoms with Crippen molar-refractivity contribution in [2.45, 2.75) is 51.7 Å². The SMILES string of the molecule is CC(C)C1CCC(Nc2cc(Br)cc(C(F)(F)F)c2)CC1. The van der Waals surface area contributed by atoms with Gasteiger partial charge in [0.1, 0.15) is 0 Å². The first kappa shape index (κ1) is 16.7. The summed E-state index contributed by atoms with van der Waals surface area (Å²) in [6.07, 6.45) is 0.0356. The summed E-state index contributed by atoms with van der Waals surface area (Å²) in [7, 11) is 0. The van der Waals surface area contributed by atoms with E-state index < -0.39 is 11.7 Å². The minimum Gasteiger partial charge on any atom is -0.382 e. The molecular formula is C16H21BrF3N. The number of anilines is 1. The molecule has 1 nitrogen and oxygen atoms in total. The fourth-order valence-corrected chi connectivity index (χ4v) is 3.50. The van der Waals surface area contributed by atoms with E-state index in [0.717, 1.165) is 37.7 Å². The summed E-state index contributed by atoms with van der Waals surface area (Å²) < 4.78 is 38.9. The molecule has 0 saturated heterocycles. The van der Waals surface area contributed by atoms with Crippen LogP contribution >= 0.6 is 15.9 Å². The predicted octanol–water partition coefficient (Wildman–Crippen LogP) is 6.09. The first-order chi connectivity index (χ1) is 9.75. The van der Waals surface area contributed by atoms with Crippen LogP contribution in [0.1, 0.15) is 45.1 Å². The molecule has 0 amide bonds. The molecule has 0 radical (unpaired) electrons. The second-order valence-electron chi connectivity index (χ2n) is 6.23. The van der Waals surface area contributed by atoms with Gasteiger partial charge in [-0.2, -0.15) is 13.2 Å². The summed E-state index contributed by atoms with van der Waals surface area (Å²) in [5.41, 5.74) is -0.0695. The highest BCUT2D eigenvalue weighted by atomic mass is 79.9. The van der Waals surface area contributed by atoms with Gasteiger partial charge in [-0.15, -0.1) is 0 Å². The van der Waals surface area contributed by atoms with E-state index in [2.05, 4.69) is 35.1 Å². The van der Waals surface area contributed by atoms with Crippen LogP contribution in [0.3, 0.4) is 0 Å². The third kappa shape index (κ3) is 4.63. The van der Waals surface area contributed by atoms with E-state index in [1.54, 1.807) is 6.07 Å². The molecule has 5 heteroatoms. The molecule has 1 fully saturated rings. The van der Waals surface area contributed by atoms with Crippen molar-refractivity contribution in [1.29, 1.82) is 0 Å². The van der Waals surface area contributed by atoms with E-state index in [-0.39, 0.29) is 6.04 Å². The Labute approximate surface area is 132 Å². The Kier molecular flexibility index (Phi) is 5.23. The lowest BCUT2D eigenvalue weighted by Gasteiger charge is -2.32. The predicted molar refractivity (Wildman–Crippen MR) is 83.4 cm³/mol. The highest BCUT2D eigenvalue weighted by Gasteiger charge is 2.31. The molecule has 1 N–H and O–H groups in total. The van der Waals surface area contributed by atoms with Gasteiger partial charge < -0.3 is 5.32 Å². The number of nitrogens with one attached hydrogen (secondary N) is 1. The summed E-state index contributed by atoms with van der Waals surface area (Å²) >= 11 is 3.16. The van der Waals surface area contributed by atoms with Crippen LogP contribution in [0.2, 0.25) is 0 Å². The van der Waals surface area contributed by atoms with Gasteiger partial charge in [-0.1, -0.05) is 29.8 Å². The van der Waals surface area contributed by atoms with E-state index >= 15 is 0 Å². The number of hydrogen-bond donors (Lipinski definition) is 1. The van der Waals surface area contributed by atoms with Crippen molar-refractivity contribution in [1.82, 2.24) is 0 Å². The van der Waals surface area contributed by atoms with Crippen molar-refractivity contribution in [2.24, 2.45) is 11.8 Å². The lowest BCUT2D eigenvalue weighted by molar-refractivity contribution is -0.137. The third-order valence-corrected chi connectivity index (χ3v) is 4.77. The third-order valence-electron chi connectivity index (χ3n) is 4.31. The van der Waals surface area contributed by atoms with Crippen LogP contribution in [0.15, 0.2) is 22.7 Å². The zero-order valence-corrected chi connectivity index (χ0v) is 13.9. The average molecular weight is 364 g/mol. The van der Waals surface area contributed by atoms with Crippen LogP contribution in [-0.4, -0.2) is 6.04 Å². The summed E-state index contributed by atoms with van der Waals surface area (Å²) in [5.74, 6) is 1.44. The Morgan fingerprint density at radius 1 is 1.10 bits per heavy atom. The molecule has 118 valence electrons. The van der Waals surface area contributed by atoms with Crippen LogP contribution in [0.5, 0.6) is 0 Å². The van der Waals surface area contributed by atoms with Crippen molar-refractivity contribution < 1.29 is 13.2 Å². The van der Waals surface area contributed by atoms with E-state index in [0.29, 0.717) is 16.1 Å². The lowest BCUT2D eigenvalue weighted by atomic mass is 9.79. The molecule has 21 heavy (non-hydrogen) atoms. The first-order valence-corrected chi connectivity index (χ1v) is 8.19. The largest absolute Gasteiger partial charge is 0.416 e. The summed E-state index contributed by atoms with van der Waals surface area (Å²) in [6.45, 7) is 4.48. The summed E-state index contributed by atoms with van der Waals surface area (Å²) in [6, 6.07) is 4.29. The van der Waals surface area contributed by atoms with Gasteiger partial charge in [0.2, 0.25) is 0 Å². The highest BCUT2D eigenvalue weighted by Crippen LogP contribution is 2.35. The van der Waals surface area contributed by atoms with Gasteiger partial charge in [0, 0.05) is 16.2 Å². The molecule has 1 aliphatic rings. The van der Waals surface area contributed by atoms with Crippen LogP contribution in [0.25, 0.3) is 0 Å². The Balaban J connectivity index is 2.02. The van der Waals surface area contributed by atoms with E-state index in [1.807, 2.05) is 0 Å². The fourth-order valence-electron chi connectivity index (χ4n) is 3.00. The minimum absolute atomic E-state index is 0.274. The Morgan fingerprint density at radius 2 is 1.71 bits per heavy atom. The zero-order valence-electron chi connectivity index (χ0n) is 12.3. The van der Waals surface area contributed by atoms with Crippen molar-refractivity contribution in [2.75, 3.05) is 5.32 Å². The van der Waals surface area contributed by atoms with Crippen LogP contribution in [0, 0.1) is 11.8 Å². The fraction of sp³-hybridized carbons (Fsp3) is 0.625. The molecule has 1 aromatic carbocycles. The average Bonchev–Trinajstić information content (AvgIpc) is 2.37. The molecule has 0 spiro atoms. The standard InChI is InChI=1S/C16H21BrF3N/c1-10(2)11-3-5-14(6-4-11)21-15-8-12(16(18,19)20)7-13(17)9-15/h7-11,14,21H,3-6H2,1-2H3. The summed E-state index contributed by atoms with van der Waals surface area (Å²) in [4.78, 5) is 0. The number of rotatable bonds is 3. The van der Waals surface area contributed by atoms with Gasteiger partial charge >= 0.3 is 6.18 Å². The Bertz CT molecular complexity index is 477. The van der Waals surface area contributed by atoms with Gasteiger partial charge in [-0.25, -0.2) is 0 Å². The van der Waals surface area contributed by atoms with E-state index in [4.69, 9.17) is 0 Å².